The summed E-state index contributed by atoms with van der Waals surface area (Å²) in [4.78, 5) is 27.1. The molecule has 0 spiro atoms. The highest BCUT2D eigenvalue weighted by Gasteiger charge is 2.41. The van der Waals surface area contributed by atoms with Gasteiger partial charge in [0.2, 0.25) is 0 Å². The minimum absolute atomic E-state index is 0.0163. The summed E-state index contributed by atoms with van der Waals surface area (Å²) in [6, 6.07) is 20.5. The van der Waals surface area contributed by atoms with Crippen LogP contribution in [-0.4, -0.2) is 15.6 Å². The lowest BCUT2D eigenvalue weighted by molar-refractivity contribution is -0.116. The maximum atomic E-state index is 13.6. The van der Waals surface area contributed by atoms with Crippen molar-refractivity contribution in [1.82, 2.24) is 9.78 Å². The molecule has 1 aliphatic carbocycles. The molecular weight excluding hydrogens is 438 g/mol. The minimum Gasteiger partial charge on any atom is -0.469 e. The Balaban J connectivity index is 1.53. The van der Waals surface area contributed by atoms with E-state index in [0.717, 1.165) is 22.7 Å². The second-order valence-corrected chi connectivity index (χ2v) is 8.86. The van der Waals surface area contributed by atoms with Gasteiger partial charge in [0, 0.05) is 34.5 Å². The molecule has 7 heteroatoms. The van der Waals surface area contributed by atoms with Gasteiger partial charge in [-0.15, -0.1) is 0 Å². The SMILES string of the molecule is O=C1C[C@H](c2ccco2)CC2=C1[C@@H](c1ccc(Cl)cc1)c1c([nH]n(-c3ccccc3)c1=O)N2. The molecule has 6 rings (SSSR count). The van der Waals surface area contributed by atoms with E-state index < -0.39 is 5.92 Å². The van der Waals surface area contributed by atoms with E-state index in [0.29, 0.717) is 34.8 Å². The third-order valence-electron chi connectivity index (χ3n) is 6.45. The largest absolute Gasteiger partial charge is 0.469 e. The van der Waals surface area contributed by atoms with E-state index >= 15 is 0 Å². The monoisotopic (exact) mass is 457 g/mol. The summed E-state index contributed by atoms with van der Waals surface area (Å²) in [5.74, 6) is 0.889. The summed E-state index contributed by atoms with van der Waals surface area (Å²) in [7, 11) is 0. The summed E-state index contributed by atoms with van der Waals surface area (Å²) in [5.41, 5.74) is 3.40. The quantitative estimate of drug-likeness (QED) is 0.433. The lowest BCUT2D eigenvalue weighted by atomic mass is 9.73. The zero-order chi connectivity index (χ0) is 22.5. The van der Waals surface area contributed by atoms with Gasteiger partial charge in [0.05, 0.1) is 17.5 Å². The fraction of sp³-hybridized carbons (Fsp3) is 0.154. The van der Waals surface area contributed by atoms with Gasteiger partial charge in [0.25, 0.3) is 5.56 Å². The number of ketones is 1. The maximum Gasteiger partial charge on any atom is 0.277 e. The average Bonchev–Trinajstić information content (AvgIpc) is 3.48. The van der Waals surface area contributed by atoms with Gasteiger partial charge < -0.3 is 9.73 Å². The Hall–Kier alpha value is -3.77. The number of H-pyrrole nitrogens is 1. The van der Waals surface area contributed by atoms with Crippen molar-refractivity contribution in [2.24, 2.45) is 0 Å². The third kappa shape index (κ3) is 3.26. The average molecular weight is 458 g/mol. The van der Waals surface area contributed by atoms with Gasteiger partial charge >= 0.3 is 0 Å². The molecule has 3 heterocycles. The number of rotatable bonds is 3. The van der Waals surface area contributed by atoms with Crippen LogP contribution in [0.2, 0.25) is 5.02 Å². The van der Waals surface area contributed by atoms with Gasteiger partial charge in [-0.25, -0.2) is 4.68 Å². The molecule has 1 aliphatic heterocycles. The molecule has 0 saturated carbocycles. The lowest BCUT2D eigenvalue weighted by Crippen LogP contribution is -2.31. The van der Waals surface area contributed by atoms with Crippen molar-refractivity contribution in [3.8, 4) is 5.69 Å². The van der Waals surface area contributed by atoms with E-state index in [1.54, 1.807) is 18.4 Å². The van der Waals surface area contributed by atoms with E-state index in [4.69, 9.17) is 16.0 Å². The van der Waals surface area contributed by atoms with Gasteiger partial charge in [0.15, 0.2) is 5.78 Å². The molecule has 2 aromatic carbocycles. The number of anilines is 1. The first-order valence-electron chi connectivity index (χ1n) is 10.8. The first-order valence-corrected chi connectivity index (χ1v) is 11.2. The van der Waals surface area contributed by atoms with Crippen LogP contribution in [0.15, 0.2) is 93.5 Å². The number of Topliss-reactive ketones (excluding diaryl/α,β-unsaturated/α-hetero) is 1. The Kier molecular flexibility index (Phi) is 4.62. The Morgan fingerprint density at radius 1 is 0.939 bits per heavy atom. The van der Waals surface area contributed by atoms with Crippen molar-refractivity contribution in [1.29, 1.82) is 0 Å². The number of fused-ring (bicyclic) bond motifs is 1. The number of halogens is 1. The number of hydrogen-bond acceptors (Lipinski definition) is 4. The highest BCUT2D eigenvalue weighted by atomic mass is 35.5. The summed E-state index contributed by atoms with van der Waals surface area (Å²) in [5, 5.41) is 7.21. The molecule has 0 radical (unpaired) electrons. The Labute approximate surface area is 194 Å². The minimum atomic E-state index is -0.479. The van der Waals surface area contributed by atoms with Gasteiger partial charge in [-0.1, -0.05) is 41.9 Å². The molecule has 2 N–H and O–H groups in total. The summed E-state index contributed by atoms with van der Waals surface area (Å²) in [6.07, 6.45) is 2.59. The molecular formula is C26H20ClN3O3. The number of nitrogens with one attached hydrogen (secondary N) is 2. The van der Waals surface area contributed by atoms with Crippen LogP contribution in [0.4, 0.5) is 5.82 Å². The zero-order valence-electron chi connectivity index (χ0n) is 17.5. The third-order valence-corrected chi connectivity index (χ3v) is 6.70. The summed E-state index contributed by atoms with van der Waals surface area (Å²) < 4.78 is 7.12. The number of para-hydroxylation sites is 1. The lowest BCUT2D eigenvalue weighted by Gasteiger charge is -2.33. The Morgan fingerprint density at radius 3 is 2.45 bits per heavy atom. The smallest absolute Gasteiger partial charge is 0.277 e. The molecule has 6 nitrogen and oxygen atoms in total. The number of hydrogen-bond donors (Lipinski definition) is 2. The number of furan rings is 1. The van der Waals surface area contributed by atoms with Crippen LogP contribution in [-0.2, 0) is 4.79 Å². The molecule has 4 aromatic rings. The topological polar surface area (TPSA) is 80.0 Å². The van der Waals surface area contributed by atoms with Gasteiger partial charge in [0.1, 0.15) is 11.6 Å². The van der Waals surface area contributed by atoms with Crippen LogP contribution in [0.25, 0.3) is 5.69 Å². The van der Waals surface area contributed by atoms with Gasteiger partial charge in [-0.05, 0) is 48.4 Å². The van der Waals surface area contributed by atoms with Crippen molar-refractivity contribution in [2.75, 3.05) is 5.32 Å². The van der Waals surface area contributed by atoms with Gasteiger partial charge in [-0.3, -0.25) is 14.7 Å². The van der Waals surface area contributed by atoms with Crippen LogP contribution in [0.5, 0.6) is 0 Å². The van der Waals surface area contributed by atoms with Crippen LogP contribution in [0, 0.1) is 0 Å². The zero-order valence-corrected chi connectivity index (χ0v) is 18.3. The molecule has 0 fully saturated rings. The molecule has 33 heavy (non-hydrogen) atoms. The maximum absolute atomic E-state index is 13.6. The summed E-state index contributed by atoms with van der Waals surface area (Å²) in [6.45, 7) is 0. The first-order chi connectivity index (χ1) is 16.1. The first kappa shape index (κ1) is 19.9. The number of aromatic amines is 1. The normalized spacial score (nSPS) is 19.7. The fourth-order valence-corrected chi connectivity index (χ4v) is 5.09. The van der Waals surface area contributed by atoms with E-state index in [1.165, 1.54) is 4.68 Å². The fourth-order valence-electron chi connectivity index (χ4n) is 4.96. The Morgan fingerprint density at radius 2 is 1.73 bits per heavy atom. The van der Waals surface area contributed by atoms with Crippen LogP contribution >= 0.6 is 11.6 Å². The van der Waals surface area contributed by atoms with Crippen molar-refractivity contribution in [3.05, 3.63) is 117 Å². The van der Waals surface area contributed by atoms with Crippen molar-refractivity contribution >= 4 is 23.2 Å². The molecule has 0 saturated heterocycles. The second-order valence-electron chi connectivity index (χ2n) is 8.42. The Bertz CT molecular complexity index is 1430. The van der Waals surface area contributed by atoms with E-state index in [2.05, 4.69) is 10.4 Å². The standard InChI is InChI=1S/C26H20ClN3O3/c27-17-10-8-15(9-11-17)22-23-19(13-16(14-20(23)31)21-7-4-12-33-21)28-25-24(22)26(32)30(29-25)18-5-2-1-3-6-18/h1-12,16,22,28-29H,13-14H2/t16-,22-/m1/s1. The highest BCUT2D eigenvalue weighted by Crippen LogP contribution is 2.46. The number of nitrogens with zero attached hydrogens (tertiary/aromatic N) is 1. The molecule has 2 aliphatic rings. The molecule has 0 amide bonds. The molecule has 0 bridgehead atoms. The van der Waals surface area contributed by atoms with Gasteiger partial charge in [-0.2, -0.15) is 0 Å². The van der Waals surface area contributed by atoms with E-state index in [1.807, 2.05) is 54.6 Å². The molecule has 2 aromatic heterocycles. The number of carbonyl (C=O) groups excluding carboxylic acids is 1. The van der Waals surface area contributed by atoms with Crippen molar-refractivity contribution in [3.63, 3.8) is 0 Å². The molecule has 2 atom stereocenters. The van der Waals surface area contributed by atoms with E-state index in [9.17, 15) is 9.59 Å². The number of carbonyl (C=O) groups is 1. The number of allylic oxidation sites excluding steroid dienone is 2. The summed E-state index contributed by atoms with van der Waals surface area (Å²) >= 11 is 6.13. The van der Waals surface area contributed by atoms with Crippen molar-refractivity contribution < 1.29 is 9.21 Å². The highest BCUT2D eigenvalue weighted by molar-refractivity contribution is 6.30. The number of benzene rings is 2. The number of aromatic nitrogens is 2. The van der Waals surface area contributed by atoms with Crippen LogP contribution < -0.4 is 10.9 Å². The van der Waals surface area contributed by atoms with E-state index in [-0.39, 0.29) is 17.3 Å². The van der Waals surface area contributed by atoms with Crippen molar-refractivity contribution in [2.45, 2.75) is 24.7 Å². The molecule has 0 unspecified atom stereocenters. The second kappa shape index (κ2) is 7.67. The molecule has 164 valence electrons. The predicted octanol–water partition coefficient (Wildman–Crippen LogP) is 5.37. The predicted molar refractivity (Wildman–Crippen MR) is 126 cm³/mol. The van der Waals surface area contributed by atoms with Crippen LogP contribution in [0.3, 0.4) is 0 Å². The van der Waals surface area contributed by atoms with Crippen LogP contribution in [0.1, 0.15) is 41.6 Å².